The molecule has 0 radical (unpaired) electrons. The van der Waals surface area contributed by atoms with E-state index in [9.17, 15) is 14.7 Å². The van der Waals surface area contributed by atoms with Crippen molar-refractivity contribution in [3.8, 4) is 0 Å². The maximum atomic E-state index is 12.7. The molecule has 2 aliphatic heterocycles. The molecule has 1 saturated carbocycles. The van der Waals surface area contributed by atoms with E-state index in [-0.39, 0.29) is 12.5 Å². The third-order valence-corrected chi connectivity index (χ3v) is 5.05. The summed E-state index contributed by atoms with van der Waals surface area (Å²) in [7, 11) is 0. The zero-order chi connectivity index (χ0) is 18.3. The van der Waals surface area contributed by atoms with Gasteiger partial charge in [-0.1, -0.05) is 30.3 Å². The summed E-state index contributed by atoms with van der Waals surface area (Å²) in [6.07, 6.45) is 0.504. The van der Waals surface area contributed by atoms with Gasteiger partial charge in [-0.3, -0.25) is 9.69 Å². The number of nitrogens with one attached hydrogen (secondary N) is 1. The standard InChI is InChI=1S/C19H26N2O4/c1-17(2,3)25-16(24)21-12-18(10-19(21,11-18)13-22)15(23)20-9-14-7-5-4-6-8-14/h4-8,22H,9-13H2,1-3H3,(H,20,23). The molecule has 1 aromatic rings. The van der Waals surface area contributed by atoms with Gasteiger partial charge in [0.2, 0.25) is 5.91 Å². The molecule has 2 heterocycles. The lowest BCUT2D eigenvalue weighted by molar-refractivity contribution is -0.136. The van der Waals surface area contributed by atoms with Crippen LogP contribution >= 0.6 is 0 Å². The van der Waals surface area contributed by atoms with Crippen molar-refractivity contribution in [2.75, 3.05) is 13.2 Å². The molecule has 1 aromatic carbocycles. The average Bonchev–Trinajstić information content (AvgIpc) is 3.04. The van der Waals surface area contributed by atoms with Gasteiger partial charge in [0.25, 0.3) is 0 Å². The average molecular weight is 346 g/mol. The smallest absolute Gasteiger partial charge is 0.410 e. The van der Waals surface area contributed by atoms with Crippen molar-refractivity contribution in [1.29, 1.82) is 0 Å². The minimum Gasteiger partial charge on any atom is -0.444 e. The molecule has 3 fully saturated rings. The van der Waals surface area contributed by atoms with Crippen LogP contribution in [-0.4, -0.2) is 46.3 Å². The quantitative estimate of drug-likeness (QED) is 0.875. The number of hydrogen-bond acceptors (Lipinski definition) is 4. The summed E-state index contributed by atoms with van der Waals surface area (Å²) >= 11 is 0. The second kappa shape index (κ2) is 6.02. The predicted octanol–water partition coefficient (Wildman–Crippen LogP) is 2.06. The van der Waals surface area contributed by atoms with Crippen molar-refractivity contribution >= 4 is 12.0 Å². The van der Waals surface area contributed by atoms with Gasteiger partial charge in [-0.15, -0.1) is 0 Å². The van der Waals surface area contributed by atoms with E-state index in [1.165, 1.54) is 0 Å². The molecule has 0 spiro atoms. The second-order valence-electron chi connectivity index (χ2n) is 8.25. The molecule has 1 aliphatic carbocycles. The minimum atomic E-state index is -0.660. The summed E-state index contributed by atoms with van der Waals surface area (Å²) in [5.74, 6) is -0.0634. The lowest BCUT2D eigenvalue weighted by Gasteiger charge is -2.45. The zero-order valence-corrected chi connectivity index (χ0v) is 15.0. The molecule has 2 bridgehead atoms. The first-order valence-electron chi connectivity index (χ1n) is 8.64. The Bertz CT molecular complexity index is 660. The first kappa shape index (κ1) is 17.7. The molecule has 6 heteroatoms. The van der Waals surface area contributed by atoms with E-state index in [1.54, 1.807) is 25.7 Å². The molecule has 2 N–H and O–H groups in total. The van der Waals surface area contributed by atoms with E-state index < -0.39 is 22.6 Å². The number of benzene rings is 1. The summed E-state index contributed by atoms with van der Waals surface area (Å²) in [5.41, 5.74) is -0.855. The number of aliphatic hydroxyl groups is 1. The van der Waals surface area contributed by atoms with E-state index in [2.05, 4.69) is 5.32 Å². The van der Waals surface area contributed by atoms with Crippen LogP contribution in [0, 0.1) is 5.41 Å². The topological polar surface area (TPSA) is 78.9 Å². The normalized spacial score (nSPS) is 27.6. The third-order valence-electron chi connectivity index (χ3n) is 5.05. The molecular weight excluding hydrogens is 320 g/mol. The SMILES string of the molecule is CC(C)(C)OC(=O)N1CC2(C(=O)NCc3ccccc3)CC1(CO)C2. The Hall–Kier alpha value is -2.08. The largest absolute Gasteiger partial charge is 0.444 e. The van der Waals surface area contributed by atoms with Crippen LogP contribution in [0.4, 0.5) is 4.79 Å². The predicted molar refractivity (Wildman–Crippen MR) is 92.7 cm³/mol. The number of carbonyl (C=O) groups is 2. The number of amides is 2. The van der Waals surface area contributed by atoms with Gasteiger partial charge in [0.05, 0.1) is 17.6 Å². The molecule has 4 rings (SSSR count). The molecule has 25 heavy (non-hydrogen) atoms. The van der Waals surface area contributed by atoms with Gasteiger partial charge >= 0.3 is 6.09 Å². The Kier molecular flexibility index (Phi) is 4.27. The van der Waals surface area contributed by atoms with E-state index in [0.29, 0.717) is 25.9 Å². The second-order valence-corrected chi connectivity index (χ2v) is 8.25. The summed E-state index contributed by atoms with van der Waals surface area (Å²) in [6, 6.07) is 9.71. The maximum absolute atomic E-state index is 12.7. The number of fused-ring (bicyclic) bond motifs is 1. The fourth-order valence-electron chi connectivity index (χ4n) is 3.95. The molecule has 0 atom stereocenters. The highest BCUT2D eigenvalue weighted by atomic mass is 16.6. The van der Waals surface area contributed by atoms with E-state index in [1.807, 2.05) is 30.3 Å². The van der Waals surface area contributed by atoms with Crippen molar-refractivity contribution in [1.82, 2.24) is 10.2 Å². The van der Waals surface area contributed by atoms with Crippen LogP contribution in [0.3, 0.4) is 0 Å². The summed E-state index contributed by atoms with van der Waals surface area (Å²) in [5, 5.41) is 12.8. The number of ether oxygens (including phenoxy) is 1. The van der Waals surface area contributed by atoms with E-state index in [0.717, 1.165) is 5.56 Å². The van der Waals surface area contributed by atoms with Crippen LogP contribution in [0.5, 0.6) is 0 Å². The lowest BCUT2D eigenvalue weighted by atomic mass is 9.61. The van der Waals surface area contributed by atoms with Gasteiger partial charge in [-0.2, -0.15) is 0 Å². The Morgan fingerprint density at radius 1 is 1.24 bits per heavy atom. The Morgan fingerprint density at radius 3 is 2.44 bits per heavy atom. The van der Waals surface area contributed by atoms with Crippen molar-refractivity contribution in [2.45, 2.75) is 51.3 Å². The van der Waals surface area contributed by atoms with Gasteiger partial charge in [-0.25, -0.2) is 4.79 Å². The van der Waals surface area contributed by atoms with Crippen molar-refractivity contribution in [3.05, 3.63) is 35.9 Å². The maximum Gasteiger partial charge on any atom is 0.410 e. The highest BCUT2D eigenvalue weighted by molar-refractivity contribution is 5.87. The first-order chi connectivity index (χ1) is 11.7. The summed E-state index contributed by atoms with van der Waals surface area (Å²) in [6.45, 7) is 6.01. The van der Waals surface area contributed by atoms with Crippen LogP contribution in [0.1, 0.15) is 39.2 Å². The van der Waals surface area contributed by atoms with E-state index in [4.69, 9.17) is 4.74 Å². The molecule has 6 nitrogen and oxygen atoms in total. The van der Waals surface area contributed by atoms with Crippen molar-refractivity contribution in [2.24, 2.45) is 5.41 Å². The molecule has 0 unspecified atom stereocenters. The van der Waals surface area contributed by atoms with Gasteiger partial charge in [0.1, 0.15) is 5.60 Å². The van der Waals surface area contributed by atoms with Crippen LogP contribution in [0.15, 0.2) is 30.3 Å². The molecule has 0 aromatic heterocycles. The number of rotatable bonds is 4. The monoisotopic (exact) mass is 346 g/mol. The fourth-order valence-corrected chi connectivity index (χ4v) is 3.95. The Labute approximate surface area is 148 Å². The number of hydrogen-bond donors (Lipinski definition) is 2. The van der Waals surface area contributed by atoms with Gasteiger partial charge in [0, 0.05) is 13.1 Å². The van der Waals surface area contributed by atoms with Crippen LogP contribution in [0.2, 0.25) is 0 Å². The van der Waals surface area contributed by atoms with Crippen molar-refractivity contribution < 1.29 is 19.4 Å². The summed E-state index contributed by atoms with van der Waals surface area (Å²) in [4.78, 5) is 26.7. The lowest BCUT2D eigenvalue weighted by Crippen LogP contribution is -2.57. The first-order valence-corrected chi connectivity index (χ1v) is 8.64. The number of aliphatic hydroxyl groups excluding tert-OH is 1. The van der Waals surface area contributed by atoms with Gasteiger partial charge in [-0.05, 0) is 39.2 Å². The van der Waals surface area contributed by atoms with Gasteiger partial charge in [0.15, 0.2) is 0 Å². The number of carbonyl (C=O) groups excluding carboxylic acids is 2. The molecular formula is C19H26N2O4. The fraction of sp³-hybridized carbons (Fsp3) is 0.579. The molecule has 3 aliphatic rings. The van der Waals surface area contributed by atoms with Gasteiger partial charge < -0.3 is 15.2 Å². The zero-order valence-electron chi connectivity index (χ0n) is 15.0. The molecule has 2 amide bonds. The number of nitrogens with zero attached hydrogens (tertiary/aromatic N) is 1. The summed E-state index contributed by atoms with van der Waals surface area (Å²) < 4.78 is 5.44. The minimum absolute atomic E-state index is 0.0634. The molecule has 2 saturated heterocycles. The Morgan fingerprint density at radius 2 is 1.88 bits per heavy atom. The van der Waals surface area contributed by atoms with Crippen LogP contribution < -0.4 is 5.32 Å². The highest BCUT2D eigenvalue weighted by Gasteiger charge is 2.70. The van der Waals surface area contributed by atoms with Crippen LogP contribution in [0.25, 0.3) is 0 Å². The Balaban J connectivity index is 1.66. The molecule has 136 valence electrons. The van der Waals surface area contributed by atoms with Crippen molar-refractivity contribution in [3.63, 3.8) is 0 Å². The highest BCUT2D eigenvalue weighted by Crippen LogP contribution is 2.59. The third kappa shape index (κ3) is 3.23. The van der Waals surface area contributed by atoms with E-state index >= 15 is 0 Å². The van der Waals surface area contributed by atoms with Crippen LogP contribution in [-0.2, 0) is 16.1 Å².